The van der Waals surface area contributed by atoms with Crippen LogP contribution in [0.25, 0.3) is 0 Å². The van der Waals surface area contributed by atoms with Gasteiger partial charge in [0.1, 0.15) is 18.0 Å². The van der Waals surface area contributed by atoms with Crippen molar-refractivity contribution in [1.29, 1.82) is 0 Å². The van der Waals surface area contributed by atoms with E-state index in [1.165, 1.54) is 10.4 Å². The molecule has 0 amide bonds. The van der Waals surface area contributed by atoms with Crippen LogP contribution in [-0.4, -0.2) is 16.5 Å². The second-order valence-corrected chi connectivity index (χ2v) is 5.11. The maximum absolute atomic E-state index is 4.29. The number of thiophene rings is 1. The van der Waals surface area contributed by atoms with Gasteiger partial charge in [0, 0.05) is 17.0 Å². The Kier molecular flexibility index (Phi) is 4.15. The van der Waals surface area contributed by atoms with Gasteiger partial charge in [-0.05, 0) is 37.8 Å². The van der Waals surface area contributed by atoms with E-state index < -0.39 is 0 Å². The number of nitrogens with one attached hydrogen (secondary N) is 2. The van der Waals surface area contributed by atoms with E-state index in [-0.39, 0.29) is 0 Å². The van der Waals surface area contributed by atoms with Crippen LogP contribution in [-0.2, 0) is 6.54 Å². The molecule has 2 heterocycles. The third-order valence-electron chi connectivity index (χ3n) is 2.81. The van der Waals surface area contributed by atoms with Gasteiger partial charge in [-0.2, -0.15) is 0 Å². The fraction of sp³-hybridized carbons (Fsp3) is 0.385. The van der Waals surface area contributed by atoms with Crippen LogP contribution in [0.5, 0.6) is 0 Å². The molecule has 0 saturated heterocycles. The molecule has 0 aliphatic rings. The Morgan fingerprint density at radius 2 is 1.89 bits per heavy atom. The van der Waals surface area contributed by atoms with Gasteiger partial charge in [-0.15, -0.1) is 11.3 Å². The SMILES string of the molecule is CCNc1ncnc(NCc2sccc2C)c1C. The lowest BCUT2D eigenvalue weighted by atomic mass is 10.2. The molecule has 0 saturated carbocycles. The number of anilines is 2. The van der Waals surface area contributed by atoms with Gasteiger partial charge in [-0.25, -0.2) is 9.97 Å². The minimum absolute atomic E-state index is 0.812. The van der Waals surface area contributed by atoms with Crippen LogP contribution < -0.4 is 10.6 Å². The summed E-state index contributed by atoms with van der Waals surface area (Å²) < 4.78 is 0. The highest BCUT2D eigenvalue weighted by Gasteiger charge is 2.06. The lowest BCUT2D eigenvalue weighted by Gasteiger charge is -2.11. The van der Waals surface area contributed by atoms with Crippen molar-refractivity contribution in [2.24, 2.45) is 0 Å². The molecule has 18 heavy (non-hydrogen) atoms. The number of nitrogens with zero attached hydrogens (tertiary/aromatic N) is 2. The molecule has 0 radical (unpaired) electrons. The lowest BCUT2D eigenvalue weighted by molar-refractivity contribution is 1.05. The third kappa shape index (κ3) is 2.79. The monoisotopic (exact) mass is 262 g/mol. The van der Waals surface area contributed by atoms with E-state index in [9.17, 15) is 0 Å². The summed E-state index contributed by atoms with van der Waals surface area (Å²) in [6.07, 6.45) is 1.59. The van der Waals surface area contributed by atoms with E-state index in [4.69, 9.17) is 0 Å². The number of aryl methyl sites for hydroxylation is 1. The zero-order chi connectivity index (χ0) is 13.0. The van der Waals surface area contributed by atoms with Crippen molar-refractivity contribution in [2.45, 2.75) is 27.3 Å². The van der Waals surface area contributed by atoms with E-state index in [1.807, 2.05) is 6.92 Å². The molecule has 2 aromatic heterocycles. The van der Waals surface area contributed by atoms with Crippen LogP contribution >= 0.6 is 11.3 Å². The molecule has 0 aromatic carbocycles. The largest absolute Gasteiger partial charge is 0.370 e. The number of hydrogen-bond acceptors (Lipinski definition) is 5. The smallest absolute Gasteiger partial charge is 0.134 e. The molecule has 4 nitrogen and oxygen atoms in total. The lowest BCUT2D eigenvalue weighted by Crippen LogP contribution is -2.07. The molecule has 2 N–H and O–H groups in total. The van der Waals surface area contributed by atoms with Gasteiger partial charge in [-0.1, -0.05) is 0 Å². The van der Waals surface area contributed by atoms with Gasteiger partial charge in [0.25, 0.3) is 0 Å². The van der Waals surface area contributed by atoms with Crippen molar-refractivity contribution in [3.63, 3.8) is 0 Å². The maximum Gasteiger partial charge on any atom is 0.134 e. The van der Waals surface area contributed by atoms with E-state index in [0.717, 1.165) is 30.3 Å². The van der Waals surface area contributed by atoms with E-state index in [0.29, 0.717) is 0 Å². The Bertz CT molecular complexity index is 521. The molecular formula is C13H18N4S. The quantitative estimate of drug-likeness (QED) is 0.869. The van der Waals surface area contributed by atoms with Crippen LogP contribution in [0.4, 0.5) is 11.6 Å². The molecule has 96 valence electrons. The van der Waals surface area contributed by atoms with Gasteiger partial charge >= 0.3 is 0 Å². The van der Waals surface area contributed by atoms with Crippen molar-refractivity contribution in [3.05, 3.63) is 33.8 Å². The van der Waals surface area contributed by atoms with Crippen LogP contribution in [0, 0.1) is 13.8 Å². The Labute approximate surface area is 111 Å². The minimum Gasteiger partial charge on any atom is -0.370 e. The molecule has 0 fully saturated rings. The summed E-state index contributed by atoms with van der Waals surface area (Å²) in [5.41, 5.74) is 2.39. The molecule has 2 rings (SSSR count). The first-order chi connectivity index (χ1) is 8.72. The predicted octanol–water partition coefficient (Wildman–Crippen LogP) is 3.20. The molecule has 0 unspecified atom stereocenters. The summed E-state index contributed by atoms with van der Waals surface area (Å²) in [5.74, 6) is 1.80. The summed E-state index contributed by atoms with van der Waals surface area (Å²) in [4.78, 5) is 9.87. The zero-order valence-electron chi connectivity index (χ0n) is 10.9. The predicted molar refractivity (Wildman–Crippen MR) is 77.3 cm³/mol. The van der Waals surface area contributed by atoms with Gasteiger partial charge in [0.2, 0.25) is 0 Å². The molecular weight excluding hydrogens is 244 g/mol. The van der Waals surface area contributed by atoms with Gasteiger partial charge in [0.05, 0.1) is 6.54 Å². The van der Waals surface area contributed by atoms with E-state index in [1.54, 1.807) is 17.7 Å². The summed E-state index contributed by atoms with van der Waals surface area (Å²) in [7, 11) is 0. The van der Waals surface area contributed by atoms with Crippen molar-refractivity contribution in [2.75, 3.05) is 17.2 Å². The number of aromatic nitrogens is 2. The Morgan fingerprint density at radius 3 is 2.50 bits per heavy atom. The first-order valence-electron chi connectivity index (χ1n) is 6.04. The van der Waals surface area contributed by atoms with Crippen molar-refractivity contribution < 1.29 is 0 Å². The van der Waals surface area contributed by atoms with Crippen LogP contribution in [0.15, 0.2) is 17.8 Å². The molecule has 5 heteroatoms. The zero-order valence-corrected chi connectivity index (χ0v) is 11.8. The minimum atomic E-state index is 0.812. The second kappa shape index (κ2) is 5.82. The van der Waals surface area contributed by atoms with E-state index in [2.05, 4.69) is 45.9 Å². The Hall–Kier alpha value is -1.62. The van der Waals surface area contributed by atoms with Crippen molar-refractivity contribution >= 4 is 23.0 Å². The van der Waals surface area contributed by atoms with Crippen LogP contribution in [0.3, 0.4) is 0 Å². The average molecular weight is 262 g/mol. The van der Waals surface area contributed by atoms with Crippen LogP contribution in [0.2, 0.25) is 0 Å². The maximum atomic E-state index is 4.29. The molecule has 0 aliphatic heterocycles. The molecule has 0 atom stereocenters. The standard InChI is InChI=1S/C13H18N4S/c1-4-14-12-10(3)13(17-8-16-12)15-7-11-9(2)5-6-18-11/h5-6,8H,4,7H2,1-3H3,(H2,14,15,16,17). The van der Waals surface area contributed by atoms with Gasteiger partial charge in [0.15, 0.2) is 0 Å². The second-order valence-electron chi connectivity index (χ2n) is 4.11. The van der Waals surface area contributed by atoms with Crippen molar-refractivity contribution in [1.82, 2.24) is 9.97 Å². The molecule has 0 aliphatic carbocycles. The van der Waals surface area contributed by atoms with Gasteiger partial charge in [-0.3, -0.25) is 0 Å². The Morgan fingerprint density at radius 1 is 1.17 bits per heavy atom. The van der Waals surface area contributed by atoms with E-state index >= 15 is 0 Å². The first kappa shape index (κ1) is 12.8. The molecule has 2 aromatic rings. The van der Waals surface area contributed by atoms with Crippen molar-refractivity contribution in [3.8, 4) is 0 Å². The molecule has 0 spiro atoms. The number of hydrogen-bond donors (Lipinski definition) is 2. The topological polar surface area (TPSA) is 49.8 Å². The first-order valence-corrected chi connectivity index (χ1v) is 6.92. The Balaban J connectivity index is 2.10. The summed E-state index contributed by atoms with van der Waals surface area (Å²) in [5, 5.41) is 8.72. The highest BCUT2D eigenvalue weighted by Crippen LogP contribution is 2.21. The third-order valence-corrected chi connectivity index (χ3v) is 3.84. The summed E-state index contributed by atoms with van der Waals surface area (Å²) in [6, 6.07) is 2.14. The molecule has 0 bridgehead atoms. The highest BCUT2D eigenvalue weighted by molar-refractivity contribution is 7.10. The summed E-state index contributed by atoms with van der Waals surface area (Å²) in [6.45, 7) is 7.89. The fourth-order valence-electron chi connectivity index (χ4n) is 1.72. The number of rotatable bonds is 5. The van der Waals surface area contributed by atoms with Gasteiger partial charge < -0.3 is 10.6 Å². The summed E-state index contributed by atoms with van der Waals surface area (Å²) >= 11 is 1.77. The highest BCUT2D eigenvalue weighted by atomic mass is 32.1. The van der Waals surface area contributed by atoms with Crippen LogP contribution in [0.1, 0.15) is 22.9 Å². The average Bonchev–Trinajstić information content (AvgIpc) is 2.76. The fourth-order valence-corrected chi connectivity index (χ4v) is 2.57. The normalized spacial score (nSPS) is 10.4.